The van der Waals surface area contributed by atoms with E-state index in [1.807, 2.05) is 0 Å². The molecule has 8 aromatic carbocycles. The Morgan fingerprint density at radius 3 is 1.91 bits per heavy atom. The normalized spacial score (nSPS) is 12.1. The zero-order chi connectivity index (χ0) is 30.2. The molecule has 2 heterocycles. The van der Waals surface area contributed by atoms with Crippen molar-refractivity contribution in [2.24, 2.45) is 0 Å². The van der Waals surface area contributed by atoms with E-state index in [1.54, 1.807) is 0 Å². The lowest BCUT2D eigenvalue weighted by Crippen LogP contribution is -1.97. The summed E-state index contributed by atoms with van der Waals surface area (Å²) in [6, 6.07) is 59.1. The van der Waals surface area contributed by atoms with Crippen molar-refractivity contribution in [3.63, 3.8) is 0 Å². The number of aromatic nitrogens is 1. The first-order valence-electron chi connectivity index (χ1n) is 15.8. The fourth-order valence-electron chi connectivity index (χ4n) is 7.38. The monoisotopic (exact) mass is 585 g/mol. The Morgan fingerprint density at radius 2 is 1.04 bits per heavy atom. The van der Waals surface area contributed by atoms with Gasteiger partial charge in [0.1, 0.15) is 11.5 Å². The first kappa shape index (κ1) is 25.2. The molecule has 0 fully saturated rings. The van der Waals surface area contributed by atoms with Gasteiger partial charge < -0.3 is 9.30 Å². The fraction of sp³-hybridized carbons (Fsp3) is 0. The predicted molar refractivity (Wildman–Crippen MR) is 192 cm³/mol. The largest absolute Gasteiger partial charge is 0.456 e. The van der Waals surface area contributed by atoms with Crippen molar-refractivity contribution in [3.8, 4) is 50.6 Å². The summed E-state index contributed by atoms with van der Waals surface area (Å²) in [6.45, 7) is 0. The highest BCUT2D eigenvalue weighted by atomic mass is 16.5. The number of hydrogen-bond donors (Lipinski definition) is 0. The summed E-state index contributed by atoms with van der Waals surface area (Å²) in [4.78, 5) is 0. The molecule has 1 aliphatic heterocycles. The van der Waals surface area contributed by atoms with Gasteiger partial charge >= 0.3 is 0 Å². The van der Waals surface area contributed by atoms with Crippen LogP contribution in [0.4, 0.5) is 0 Å². The first-order valence-corrected chi connectivity index (χ1v) is 15.8. The van der Waals surface area contributed by atoms with Gasteiger partial charge in [-0.05, 0) is 98.6 Å². The van der Waals surface area contributed by atoms with Crippen LogP contribution in [-0.2, 0) is 0 Å². The summed E-state index contributed by atoms with van der Waals surface area (Å²) in [7, 11) is 0. The maximum Gasteiger partial charge on any atom is 0.135 e. The molecular weight excluding hydrogens is 558 g/mol. The second-order valence-corrected chi connectivity index (χ2v) is 12.2. The number of benzene rings is 8. The van der Waals surface area contributed by atoms with Crippen molar-refractivity contribution in [1.82, 2.24) is 4.57 Å². The van der Waals surface area contributed by atoms with Gasteiger partial charge in [0, 0.05) is 27.4 Å². The Labute approximate surface area is 266 Å². The maximum atomic E-state index is 6.36. The van der Waals surface area contributed by atoms with E-state index in [0.717, 1.165) is 22.7 Å². The quantitative estimate of drug-likeness (QED) is 0.201. The number of hydrogen-bond acceptors (Lipinski definition) is 1. The van der Waals surface area contributed by atoms with Gasteiger partial charge in [0.05, 0.1) is 11.0 Å². The average molecular weight is 586 g/mol. The molecule has 1 aromatic heterocycles. The Bertz CT molecular complexity index is 2670. The predicted octanol–water partition coefficient (Wildman–Crippen LogP) is 12.2. The lowest BCUT2D eigenvalue weighted by molar-refractivity contribution is 0.487. The lowest BCUT2D eigenvalue weighted by Gasteiger charge is -2.22. The third-order valence-electron chi connectivity index (χ3n) is 9.53. The highest BCUT2D eigenvalue weighted by Crippen LogP contribution is 2.47. The summed E-state index contributed by atoms with van der Waals surface area (Å²) in [5.41, 5.74) is 10.7. The molecule has 0 unspecified atom stereocenters. The van der Waals surface area contributed by atoms with Crippen LogP contribution in [0.25, 0.3) is 82.4 Å². The second kappa shape index (κ2) is 9.69. The number of rotatable bonds is 3. The van der Waals surface area contributed by atoms with Crippen molar-refractivity contribution in [1.29, 1.82) is 0 Å². The minimum Gasteiger partial charge on any atom is -0.456 e. The highest BCUT2D eigenvalue weighted by molar-refractivity contribution is 6.13. The van der Waals surface area contributed by atoms with Crippen molar-refractivity contribution in [3.05, 3.63) is 164 Å². The van der Waals surface area contributed by atoms with Crippen LogP contribution in [0, 0.1) is 0 Å². The SMILES string of the molecule is c1cc(-c2cccc(-n3c4ccccc4c4cc5ccccc5cc43)c2)cc(-c2ccc3c(c2)-c2cccc4cccc(c24)O3)c1. The first-order chi connectivity index (χ1) is 22.8. The smallest absolute Gasteiger partial charge is 0.135 e. The molecule has 1 aliphatic rings. The van der Waals surface area contributed by atoms with Crippen LogP contribution in [0.15, 0.2) is 164 Å². The highest BCUT2D eigenvalue weighted by Gasteiger charge is 2.20. The molecule has 0 atom stereocenters. The number of ether oxygens (including phenoxy) is 1. The number of para-hydroxylation sites is 1. The standard InChI is InChI=1S/C44H27NO/c1-2-10-33-27-41-38(25-32(33)9-1)36-17-3-4-19-40(36)45(41)35-16-6-15-31(24-35)29-13-5-14-30(23-29)34-21-22-42-39(26-34)37-18-7-11-28-12-8-20-43(46-42)44(28)37/h1-27H. The summed E-state index contributed by atoms with van der Waals surface area (Å²) >= 11 is 0. The van der Waals surface area contributed by atoms with Crippen LogP contribution in [0.3, 0.4) is 0 Å². The molecule has 0 amide bonds. The molecule has 0 bridgehead atoms. The molecule has 2 nitrogen and oxygen atoms in total. The topological polar surface area (TPSA) is 14.2 Å². The third kappa shape index (κ3) is 3.77. The van der Waals surface area contributed by atoms with Crippen LogP contribution in [-0.4, -0.2) is 4.57 Å². The maximum absolute atomic E-state index is 6.36. The van der Waals surface area contributed by atoms with Gasteiger partial charge in [-0.2, -0.15) is 0 Å². The molecule has 9 aromatic rings. The van der Waals surface area contributed by atoms with E-state index in [4.69, 9.17) is 4.74 Å². The van der Waals surface area contributed by atoms with Crippen molar-refractivity contribution >= 4 is 43.4 Å². The molecular formula is C44H27NO. The van der Waals surface area contributed by atoms with Gasteiger partial charge in [-0.1, -0.05) is 109 Å². The molecule has 214 valence electrons. The summed E-state index contributed by atoms with van der Waals surface area (Å²) in [5, 5.41) is 7.43. The van der Waals surface area contributed by atoms with E-state index in [9.17, 15) is 0 Å². The molecule has 10 rings (SSSR count). The minimum atomic E-state index is 0.901. The van der Waals surface area contributed by atoms with Gasteiger partial charge in [-0.3, -0.25) is 0 Å². The van der Waals surface area contributed by atoms with Crippen LogP contribution in [0.1, 0.15) is 0 Å². The zero-order valence-corrected chi connectivity index (χ0v) is 24.9. The molecule has 2 heteroatoms. The molecule has 46 heavy (non-hydrogen) atoms. The second-order valence-electron chi connectivity index (χ2n) is 12.2. The average Bonchev–Trinajstić information content (AvgIpc) is 3.44. The molecule has 0 N–H and O–H groups in total. The van der Waals surface area contributed by atoms with Gasteiger partial charge in [0.2, 0.25) is 0 Å². The number of nitrogens with zero attached hydrogens (tertiary/aromatic N) is 1. The Balaban J connectivity index is 1.09. The Morgan fingerprint density at radius 1 is 0.370 bits per heavy atom. The van der Waals surface area contributed by atoms with Crippen LogP contribution >= 0.6 is 0 Å². The summed E-state index contributed by atoms with van der Waals surface area (Å²) < 4.78 is 8.77. The lowest BCUT2D eigenvalue weighted by atomic mass is 9.91. The molecule has 0 radical (unpaired) electrons. The van der Waals surface area contributed by atoms with Gasteiger partial charge in [0.15, 0.2) is 0 Å². The van der Waals surface area contributed by atoms with Crippen LogP contribution < -0.4 is 4.74 Å². The van der Waals surface area contributed by atoms with Gasteiger partial charge in [0.25, 0.3) is 0 Å². The van der Waals surface area contributed by atoms with E-state index in [-0.39, 0.29) is 0 Å². The number of fused-ring (bicyclic) bond motifs is 6. The van der Waals surface area contributed by atoms with Crippen LogP contribution in [0.2, 0.25) is 0 Å². The van der Waals surface area contributed by atoms with Crippen molar-refractivity contribution < 1.29 is 4.74 Å². The molecule has 0 aliphatic carbocycles. The molecule has 0 saturated heterocycles. The minimum absolute atomic E-state index is 0.901. The van der Waals surface area contributed by atoms with Crippen LogP contribution in [0.5, 0.6) is 11.5 Å². The molecule has 0 saturated carbocycles. The van der Waals surface area contributed by atoms with Gasteiger partial charge in [-0.15, -0.1) is 0 Å². The Kier molecular flexibility index (Phi) is 5.31. The third-order valence-corrected chi connectivity index (χ3v) is 9.53. The van der Waals surface area contributed by atoms with Gasteiger partial charge in [-0.25, -0.2) is 0 Å². The Hall–Kier alpha value is -6.12. The van der Waals surface area contributed by atoms with E-state index in [0.29, 0.717) is 0 Å². The van der Waals surface area contributed by atoms with E-state index in [1.165, 1.54) is 71.2 Å². The van der Waals surface area contributed by atoms with Crippen molar-refractivity contribution in [2.75, 3.05) is 0 Å². The molecule has 0 spiro atoms. The van der Waals surface area contributed by atoms with E-state index < -0.39 is 0 Å². The van der Waals surface area contributed by atoms with E-state index in [2.05, 4.69) is 168 Å². The van der Waals surface area contributed by atoms with Crippen molar-refractivity contribution in [2.45, 2.75) is 0 Å². The summed E-state index contributed by atoms with van der Waals surface area (Å²) in [6.07, 6.45) is 0. The van der Waals surface area contributed by atoms with E-state index >= 15 is 0 Å². The zero-order valence-electron chi connectivity index (χ0n) is 24.9. The fourth-order valence-corrected chi connectivity index (χ4v) is 7.38. The summed E-state index contributed by atoms with van der Waals surface area (Å²) in [5.74, 6) is 1.82.